The Morgan fingerprint density at radius 2 is 1.72 bits per heavy atom. The van der Waals surface area contributed by atoms with Crippen molar-refractivity contribution < 1.29 is 13.6 Å². The standard InChI is InChI=1S/C25H21N3O3S/c1-16(22-14-17-8-3-5-10-20(17)30-22)28(2)24(29)23-19(15-32-25-26-12-7-13-27-25)18-9-4-6-11-21(18)31-23/h3-14,16H,15H2,1-2H3. The molecule has 0 radical (unpaired) electrons. The van der Waals surface area contributed by atoms with Gasteiger partial charge in [0.15, 0.2) is 10.9 Å². The highest BCUT2D eigenvalue weighted by molar-refractivity contribution is 7.98. The topological polar surface area (TPSA) is 72.4 Å². The SMILES string of the molecule is CC(c1cc2ccccc2o1)N(C)C(=O)c1oc2ccccc2c1CSc1ncccn1. The molecule has 0 bridgehead atoms. The number of fused-ring (bicyclic) bond motifs is 2. The van der Waals surface area contributed by atoms with E-state index in [0.29, 0.717) is 22.3 Å². The van der Waals surface area contributed by atoms with Crippen LogP contribution in [0.25, 0.3) is 21.9 Å². The molecule has 0 aliphatic rings. The molecule has 32 heavy (non-hydrogen) atoms. The van der Waals surface area contributed by atoms with Crippen molar-refractivity contribution in [2.75, 3.05) is 7.05 Å². The number of carbonyl (C=O) groups is 1. The summed E-state index contributed by atoms with van der Waals surface area (Å²) >= 11 is 1.47. The Balaban J connectivity index is 1.46. The summed E-state index contributed by atoms with van der Waals surface area (Å²) in [5.74, 6) is 1.39. The average Bonchev–Trinajstić information content (AvgIpc) is 3.43. The lowest BCUT2D eigenvalue weighted by Gasteiger charge is -2.22. The van der Waals surface area contributed by atoms with Gasteiger partial charge in [0.25, 0.3) is 5.91 Å². The highest BCUT2D eigenvalue weighted by Gasteiger charge is 2.28. The number of para-hydroxylation sites is 2. The van der Waals surface area contributed by atoms with Gasteiger partial charge in [-0.15, -0.1) is 0 Å². The highest BCUT2D eigenvalue weighted by atomic mass is 32.2. The molecule has 0 spiro atoms. The fourth-order valence-corrected chi connectivity index (χ4v) is 4.48. The third-order valence-corrected chi connectivity index (χ3v) is 6.44. The molecule has 0 aliphatic heterocycles. The molecule has 1 unspecified atom stereocenters. The molecular weight excluding hydrogens is 422 g/mol. The van der Waals surface area contributed by atoms with Crippen molar-refractivity contribution in [1.29, 1.82) is 0 Å². The third kappa shape index (κ3) is 3.76. The van der Waals surface area contributed by atoms with Gasteiger partial charge in [0, 0.05) is 41.5 Å². The van der Waals surface area contributed by atoms with Gasteiger partial charge in [-0.25, -0.2) is 9.97 Å². The van der Waals surface area contributed by atoms with Crippen LogP contribution in [-0.4, -0.2) is 27.8 Å². The average molecular weight is 444 g/mol. The Morgan fingerprint density at radius 1 is 1.00 bits per heavy atom. The minimum Gasteiger partial charge on any atom is -0.459 e. The minimum atomic E-state index is -0.263. The van der Waals surface area contributed by atoms with Crippen LogP contribution in [0.3, 0.4) is 0 Å². The van der Waals surface area contributed by atoms with E-state index in [9.17, 15) is 4.79 Å². The lowest BCUT2D eigenvalue weighted by atomic mass is 10.1. The summed E-state index contributed by atoms with van der Waals surface area (Å²) in [6, 6.07) is 19.0. The first-order valence-electron chi connectivity index (χ1n) is 10.3. The summed E-state index contributed by atoms with van der Waals surface area (Å²) in [4.78, 5) is 23.7. The third-order valence-electron chi connectivity index (χ3n) is 5.54. The van der Waals surface area contributed by atoms with E-state index < -0.39 is 0 Å². The molecular formula is C25H21N3O3S. The second-order valence-corrected chi connectivity index (χ2v) is 8.45. The maximum Gasteiger partial charge on any atom is 0.290 e. The van der Waals surface area contributed by atoms with E-state index in [2.05, 4.69) is 9.97 Å². The molecule has 2 aromatic carbocycles. The molecule has 1 atom stereocenters. The predicted molar refractivity (Wildman–Crippen MR) is 125 cm³/mol. The normalized spacial score (nSPS) is 12.3. The van der Waals surface area contributed by atoms with E-state index in [-0.39, 0.29) is 11.9 Å². The Kier molecular flexibility index (Phi) is 5.41. The lowest BCUT2D eigenvalue weighted by Crippen LogP contribution is -2.29. The van der Waals surface area contributed by atoms with Crippen LogP contribution in [-0.2, 0) is 5.75 Å². The molecule has 0 saturated heterocycles. The first kappa shape index (κ1) is 20.3. The summed E-state index contributed by atoms with van der Waals surface area (Å²) in [7, 11) is 1.77. The molecule has 6 nitrogen and oxygen atoms in total. The molecule has 3 aromatic heterocycles. The molecule has 0 N–H and O–H groups in total. The first-order chi connectivity index (χ1) is 15.6. The van der Waals surface area contributed by atoms with Crippen LogP contribution in [0.4, 0.5) is 0 Å². The van der Waals surface area contributed by atoms with Gasteiger partial charge in [-0.3, -0.25) is 4.79 Å². The van der Waals surface area contributed by atoms with Crippen LogP contribution >= 0.6 is 11.8 Å². The van der Waals surface area contributed by atoms with E-state index in [1.54, 1.807) is 30.4 Å². The molecule has 0 aliphatic carbocycles. The molecule has 3 heterocycles. The molecule has 5 rings (SSSR count). The summed E-state index contributed by atoms with van der Waals surface area (Å²) in [5.41, 5.74) is 2.33. The second-order valence-electron chi connectivity index (χ2n) is 7.50. The van der Waals surface area contributed by atoms with E-state index in [1.165, 1.54) is 11.8 Å². The number of carbonyl (C=O) groups excluding carboxylic acids is 1. The minimum absolute atomic E-state index is 0.196. The van der Waals surface area contributed by atoms with Crippen molar-refractivity contribution in [3.05, 3.63) is 90.1 Å². The maximum absolute atomic E-state index is 13.5. The van der Waals surface area contributed by atoms with Crippen molar-refractivity contribution in [3.63, 3.8) is 0 Å². The van der Waals surface area contributed by atoms with E-state index in [0.717, 1.165) is 27.7 Å². The fourth-order valence-electron chi connectivity index (χ4n) is 3.65. The van der Waals surface area contributed by atoms with Crippen LogP contribution in [0.5, 0.6) is 0 Å². The molecule has 1 amide bonds. The number of thioether (sulfide) groups is 1. The van der Waals surface area contributed by atoms with Crippen molar-refractivity contribution in [2.45, 2.75) is 23.9 Å². The zero-order chi connectivity index (χ0) is 22.1. The number of aromatic nitrogens is 2. The smallest absolute Gasteiger partial charge is 0.290 e. The van der Waals surface area contributed by atoms with E-state index in [4.69, 9.17) is 8.83 Å². The van der Waals surface area contributed by atoms with Crippen LogP contribution in [0.15, 0.2) is 87.0 Å². The number of hydrogen-bond acceptors (Lipinski definition) is 6. The number of furan rings is 2. The summed E-state index contributed by atoms with van der Waals surface area (Å²) < 4.78 is 12.0. The van der Waals surface area contributed by atoms with Gasteiger partial charge in [-0.1, -0.05) is 48.2 Å². The number of nitrogens with zero attached hydrogens (tertiary/aromatic N) is 3. The fraction of sp³-hybridized carbons (Fsp3) is 0.160. The monoisotopic (exact) mass is 443 g/mol. The summed E-state index contributed by atoms with van der Waals surface area (Å²) in [6.07, 6.45) is 3.41. The van der Waals surface area contributed by atoms with Crippen molar-refractivity contribution in [3.8, 4) is 0 Å². The van der Waals surface area contributed by atoms with Crippen LogP contribution < -0.4 is 0 Å². The van der Waals surface area contributed by atoms with Gasteiger partial charge in [0.2, 0.25) is 0 Å². The van der Waals surface area contributed by atoms with Crippen LogP contribution in [0.2, 0.25) is 0 Å². The van der Waals surface area contributed by atoms with Crippen molar-refractivity contribution in [2.24, 2.45) is 0 Å². The van der Waals surface area contributed by atoms with Gasteiger partial charge >= 0.3 is 0 Å². The molecule has 160 valence electrons. The van der Waals surface area contributed by atoms with Gasteiger partial charge in [-0.2, -0.15) is 0 Å². The summed E-state index contributed by atoms with van der Waals surface area (Å²) in [5, 5.41) is 2.59. The second kappa shape index (κ2) is 8.51. The number of rotatable bonds is 6. The van der Waals surface area contributed by atoms with Crippen molar-refractivity contribution >= 4 is 39.6 Å². The van der Waals surface area contributed by atoms with Gasteiger partial charge < -0.3 is 13.7 Å². The molecule has 0 saturated carbocycles. The molecule has 0 fully saturated rings. The molecule has 5 aromatic rings. The largest absolute Gasteiger partial charge is 0.459 e. The van der Waals surface area contributed by atoms with Gasteiger partial charge in [-0.05, 0) is 31.2 Å². The van der Waals surface area contributed by atoms with Crippen LogP contribution in [0.1, 0.15) is 34.8 Å². The number of amides is 1. The predicted octanol–water partition coefficient (Wildman–Crippen LogP) is 6.09. The maximum atomic E-state index is 13.5. The van der Waals surface area contributed by atoms with E-state index in [1.807, 2.05) is 61.5 Å². The zero-order valence-electron chi connectivity index (χ0n) is 17.7. The number of hydrogen-bond donors (Lipinski definition) is 0. The highest BCUT2D eigenvalue weighted by Crippen LogP contribution is 2.33. The van der Waals surface area contributed by atoms with Crippen molar-refractivity contribution in [1.82, 2.24) is 14.9 Å². The first-order valence-corrected chi connectivity index (χ1v) is 11.3. The summed E-state index contributed by atoms with van der Waals surface area (Å²) in [6.45, 7) is 1.95. The van der Waals surface area contributed by atoms with Gasteiger partial charge in [0.05, 0.1) is 6.04 Å². The van der Waals surface area contributed by atoms with E-state index >= 15 is 0 Å². The zero-order valence-corrected chi connectivity index (χ0v) is 18.5. The quantitative estimate of drug-likeness (QED) is 0.233. The lowest BCUT2D eigenvalue weighted by molar-refractivity contribution is 0.0696. The Morgan fingerprint density at radius 3 is 2.50 bits per heavy atom. The molecule has 7 heteroatoms. The Bertz CT molecular complexity index is 1360. The number of benzene rings is 2. The Hall–Kier alpha value is -3.58. The van der Waals surface area contributed by atoms with Gasteiger partial charge in [0.1, 0.15) is 16.9 Å². The van der Waals surface area contributed by atoms with Crippen LogP contribution in [0, 0.1) is 0 Å². The Labute approximate surface area is 189 Å².